The van der Waals surface area contributed by atoms with Crippen LogP contribution >= 0.6 is 11.3 Å². The molecule has 0 saturated heterocycles. The van der Waals surface area contributed by atoms with E-state index in [0.29, 0.717) is 13.1 Å². The molecule has 0 atom stereocenters. The zero-order chi connectivity index (χ0) is 17.7. The molecule has 2 aromatic rings. The summed E-state index contributed by atoms with van der Waals surface area (Å²) >= 11 is 1.57. The fourth-order valence-corrected chi connectivity index (χ4v) is 5.80. The van der Waals surface area contributed by atoms with E-state index in [1.807, 2.05) is 24.3 Å². The number of fused-ring (bicyclic) bond motifs is 1. The number of thiazole rings is 1. The maximum absolute atomic E-state index is 12.1. The second-order valence-electron chi connectivity index (χ2n) is 6.29. The van der Waals surface area contributed by atoms with Crippen LogP contribution in [-0.2, 0) is 14.6 Å². The van der Waals surface area contributed by atoms with Crippen LogP contribution in [0.25, 0.3) is 10.2 Å². The number of anilines is 1. The molecule has 8 heteroatoms. The van der Waals surface area contributed by atoms with Crippen molar-refractivity contribution in [2.45, 2.75) is 37.4 Å². The number of carbonyl (C=O) groups excluding carboxylic acids is 1. The van der Waals surface area contributed by atoms with Crippen molar-refractivity contribution in [1.29, 1.82) is 0 Å². The van der Waals surface area contributed by atoms with Crippen molar-refractivity contribution in [3.05, 3.63) is 24.3 Å². The smallest absolute Gasteiger partial charge is 0.221 e. The third-order valence-electron chi connectivity index (χ3n) is 4.44. The van der Waals surface area contributed by atoms with E-state index in [1.165, 1.54) is 0 Å². The molecule has 0 unspecified atom stereocenters. The van der Waals surface area contributed by atoms with E-state index < -0.39 is 9.84 Å². The third-order valence-corrected chi connectivity index (χ3v) is 7.70. The number of amides is 1. The zero-order valence-electron chi connectivity index (χ0n) is 14.0. The first-order chi connectivity index (χ1) is 12.0. The van der Waals surface area contributed by atoms with Gasteiger partial charge in [0.15, 0.2) is 15.0 Å². The molecule has 1 heterocycles. The molecular formula is C17H23N3O3S2. The molecule has 2 N–H and O–H groups in total. The predicted octanol–water partition coefficient (Wildman–Crippen LogP) is 2.57. The number of hydrogen-bond donors (Lipinski definition) is 2. The van der Waals surface area contributed by atoms with Gasteiger partial charge in [-0.2, -0.15) is 0 Å². The van der Waals surface area contributed by atoms with E-state index in [0.717, 1.165) is 41.0 Å². The molecule has 1 amide bonds. The second kappa shape index (κ2) is 8.14. The number of carbonyl (C=O) groups is 1. The molecule has 1 fully saturated rings. The Balaban J connectivity index is 1.36. The van der Waals surface area contributed by atoms with E-state index in [-0.39, 0.29) is 23.3 Å². The summed E-state index contributed by atoms with van der Waals surface area (Å²) in [7, 11) is -3.13. The van der Waals surface area contributed by atoms with Gasteiger partial charge in [0.05, 0.1) is 21.2 Å². The van der Waals surface area contributed by atoms with Crippen LogP contribution in [0.15, 0.2) is 24.3 Å². The van der Waals surface area contributed by atoms with Gasteiger partial charge in [-0.25, -0.2) is 13.4 Å². The van der Waals surface area contributed by atoms with Gasteiger partial charge < -0.3 is 10.6 Å². The molecule has 1 saturated carbocycles. The van der Waals surface area contributed by atoms with Crippen LogP contribution in [0.2, 0.25) is 0 Å². The minimum Gasteiger partial charge on any atom is -0.360 e. The van der Waals surface area contributed by atoms with Crippen molar-refractivity contribution in [2.24, 2.45) is 0 Å². The van der Waals surface area contributed by atoms with Gasteiger partial charge in [0, 0.05) is 19.5 Å². The van der Waals surface area contributed by atoms with Crippen LogP contribution in [0.1, 0.15) is 32.1 Å². The van der Waals surface area contributed by atoms with Gasteiger partial charge in [0.25, 0.3) is 0 Å². The minimum atomic E-state index is -3.13. The van der Waals surface area contributed by atoms with Gasteiger partial charge in [0.2, 0.25) is 5.91 Å². The first-order valence-electron chi connectivity index (χ1n) is 8.62. The Morgan fingerprint density at radius 1 is 1.20 bits per heavy atom. The summed E-state index contributed by atoms with van der Waals surface area (Å²) in [4.78, 5) is 16.3. The first kappa shape index (κ1) is 18.1. The van der Waals surface area contributed by atoms with E-state index in [2.05, 4.69) is 15.6 Å². The lowest BCUT2D eigenvalue weighted by Crippen LogP contribution is -2.31. The van der Waals surface area contributed by atoms with Gasteiger partial charge in [-0.15, -0.1) is 0 Å². The van der Waals surface area contributed by atoms with Gasteiger partial charge in [-0.3, -0.25) is 4.79 Å². The summed E-state index contributed by atoms with van der Waals surface area (Å²) < 4.78 is 25.4. The monoisotopic (exact) mass is 381 g/mol. The Morgan fingerprint density at radius 3 is 2.72 bits per heavy atom. The van der Waals surface area contributed by atoms with Crippen molar-refractivity contribution in [1.82, 2.24) is 10.3 Å². The molecule has 0 bridgehead atoms. The normalized spacial score (nSPS) is 15.5. The van der Waals surface area contributed by atoms with E-state index >= 15 is 0 Å². The highest BCUT2D eigenvalue weighted by molar-refractivity contribution is 7.92. The average molecular weight is 382 g/mol. The summed E-state index contributed by atoms with van der Waals surface area (Å²) in [6, 6.07) is 7.91. The maximum Gasteiger partial charge on any atom is 0.221 e. The van der Waals surface area contributed by atoms with Crippen LogP contribution in [-0.4, -0.2) is 43.4 Å². The molecule has 1 aromatic carbocycles. The quantitative estimate of drug-likeness (QED) is 0.686. The largest absolute Gasteiger partial charge is 0.360 e. The van der Waals surface area contributed by atoms with Crippen molar-refractivity contribution in [2.75, 3.05) is 24.2 Å². The molecule has 6 nitrogen and oxygen atoms in total. The van der Waals surface area contributed by atoms with Gasteiger partial charge in [0.1, 0.15) is 0 Å². The summed E-state index contributed by atoms with van der Waals surface area (Å²) in [6.07, 6.45) is 3.49. The van der Waals surface area contributed by atoms with Gasteiger partial charge in [-0.05, 0) is 25.0 Å². The minimum absolute atomic E-state index is 0.0416. The lowest BCUT2D eigenvalue weighted by atomic mass is 10.3. The van der Waals surface area contributed by atoms with Crippen LogP contribution in [0.5, 0.6) is 0 Å². The summed E-state index contributed by atoms with van der Waals surface area (Å²) in [6.45, 7) is 0.999. The molecule has 1 aliphatic rings. The Kier molecular flexibility index (Phi) is 5.90. The molecule has 136 valence electrons. The summed E-state index contributed by atoms with van der Waals surface area (Å²) in [5, 5.41) is 6.53. The van der Waals surface area contributed by atoms with Crippen LogP contribution in [0, 0.1) is 0 Å². The fourth-order valence-electron chi connectivity index (χ4n) is 3.06. The topological polar surface area (TPSA) is 88.2 Å². The number of nitrogens with zero attached hydrogens (tertiary/aromatic N) is 1. The average Bonchev–Trinajstić information content (AvgIpc) is 3.26. The molecule has 1 aliphatic carbocycles. The summed E-state index contributed by atoms with van der Waals surface area (Å²) in [5.41, 5.74) is 0.955. The number of sulfone groups is 1. The third kappa shape index (κ3) is 4.92. The Morgan fingerprint density at radius 2 is 1.96 bits per heavy atom. The van der Waals surface area contributed by atoms with E-state index in [9.17, 15) is 13.2 Å². The summed E-state index contributed by atoms with van der Waals surface area (Å²) in [5.74, 6) is -0.262. The highest BCUT2D eigenvalue weighted by Gasteiger charge is 2.28. The predicted molar refractivity (Wildman–Crippen MR) is 102 cm³/mol. The van der Waals surface area contributed by atoms with Gasteiger partial charge >= 0.3 is 0 Å². The van der Waals surface area contributed by atoms with Crippen LogP contribution < -0.4 is 10.6 Å². The highest BCUT2D eigenvalue weighted by atomic mass is 32.2. The van der Waals surface area contributed by atoms with Crippen LogP contribution in [0.4, 0.5) is 5.13 Å². The Labute approximate surface area is 152 Å². The maximum atomic E-state index is 12.1. The molecule has 3 rings (SSSR count). The zero-order valence-corrected chi connectivity index (χ0v) is 15.7. The highest BCUT2D eigenvalue weighted by Crippen LogP contribution is 2.26. The molecule has 1 aromatic heterocycles. The number of aromatic nitrogens is 1. The molecule has 0 spiro atoms. The number of para-hydroxylation sites is 1. The lowest BCUT2D eigenvalue weighted by molar-refractivity contribution is -0.120. The molecule has 0 radical (unpaired) electrons. The number of nitrogens with one attached hydrogen (secondary N) is 2. The van der Waals surface area contributed by atoms with E-state index in [1.54, 1.807) is 11.3 Å². The molecular weight excluding hydrogens is 358 g/mol. The number of hydrogen-bond acceptors (Lipinski definition) is 6. The first-order valence-corrected chi connectivity index (χ1v) is 11.2. The SMILES string of the molecule is O=C(CCS(=O)(=O)C1CCCC1)NCCNc1nc2ccccc2s1. The Hall–Kier alpha value is -1.67. The second-order valence-corrected chi connectivity index (χ2v) is 9.72. The van der Waals surface area contributed by atoms with Crippen molar-refractivity contribution in [3.8, 4) is 0 Å². The molecule has 25 heavy (non-hydrogen) atoms. The number of rotatable bonds is 8. The van der Waals surface area contributed by atoms with Gasteiger partial charge in [-0.1, -0.05) is 36.3 Å². The van der Waals surface area contributed by atoms with Crippen molar-refractivity contribution in [3.63, 3.8) is 0 Å². The number of benzene rings is 1. The standard InChI is InChI=1S/C17H23N3O3S2/c21-16(9-12-25(22,23)13-5-1-2-6-13)18-10-11-19-17-20-14-7-3-4-8-15(14)24-17/h3-4,7-8,13H,1-2,5-6,9-12H2,(H,18,21)(H,19,20). The van der Waals surface area contributed by atoms with Crippen molar-refractivity contribution < 1.29 is 13.2 Å². The Bertz CT molecular complexity index is 794. The van der Waals surface area contributed by atoms with Crippen molar-refractivity contribution >= 4 is 42.4 Å². The fraction of sp³-hybridized carbons (Fsp3) is 0.529. The lowest BCUT2D eigenvalue weighted by Gasteiger charge is -2.11. The molecule has 0 aliphatic heterocycles. The van der Waals surface area contributed by atoms with Crippen LogP contribution in [0.3, 0.4) is 0 Å². The van der Waals surface area contributed by atoms with E-state index in [4.69, 9.17) is 0 Å².